The third kappa shape index (κ3) is 3.05. The van der Waals surface area contributed by atoms with Gasteiger partial charge < -0.3 is 0 Å². The van der Waals surface area contributed by atoms with Gasteiger partial charge in [0.05, 0.1) is 0 Å². The van der Waals surface area contributed by atoms with Gasteiger partial charge in [0, 0.05) is 5.69 Å². The van der Waals surface area contributed by atoms with Gasteiger partial charge in [0.25, 0.3) is 10.1 Å². The Balaban J connectivity index is 3.38. The molecule has 6 nitrogen and oxygen atoms in total. The lowest BCUT2D eigenvalue weighted by atomic mass is 10.2. The number of nitrogens with one attached hydrogen (secondary N) is 1. The average molecular weight is 263 g/mol. The Labute approximate surface area is 94.4 Å². The number of anilines is 1. The summed E-state index contributed by atoms with van der Waals surface area (Å²) in [6.45, 7) is 3.38. The monoisotopic (exact) mass is 263 g/mol. The fraction of sp³-hybridized carbons (Fsp3) is 0. The van der Waals surface area contributed by atoms with Crippen LogP contribution in [0.3, 0.4) is 0 Å². The first kappa shape index (κ1) is 12.7. The predicted octanol–water partition coefficient (Wildman–Crippen LogP) is 0.515. The summed E-state index contributed by atoms with van der Waals surface area (Å²) in [6.07, 6.45) is 1.24. The summed E-state index contributed by atoms with van der Waals surface area (Å²) in [5.74, 6) is 0. The van der Waals surface area contributed by atoms with Crippen LogP contribution in [0.4, 0.5) is 5.69 Å². The van der Waals surface area contributed by atoms with Gasteiger partial charge in [-0.1, -0.05) is 18.7 Å². The molecule has 0 heterocycles. The van der Waals surface area contributed by atoms with Crippen molar-refractivity contribution in [2.45, 2.75) is 4.90 Å². The predicted molar refractivity (Wildman–Crippen MR) is 60.3 cm³/mol. The van der Waals surface area contributed by atoms with E-state index in [-0.39, 0.29) is 11.3 Å². The Morgan fingerprint density at radius 3 is 2.44 bits per heavy atom. The van der Waals surface area contributed by atoms with E-state index in [9.17, 15) is 16.8 Å². The molecule has 8 heteroatoms. The highest BCUT2D eigenvalue weighted by Crippen LogP contribution is 2.21. The maximum absolute atomic E-state index is 11.0. The maximum Gasteiger partial charge on any atom is 0.295 e. The van der Waals surface area contributed by atoms with Crippen LogP contribution < -0.4 is 4.72 Å². The summed E-state index contributed by atoms with van der Waals surface area (Å²) in [6, 6.07) is 3.70. The summed E-state index contributed by atoms with van der Waals surface area (Å²) in [5.41, 5.74) is 0.239. The second-order valence-corrected chi connectivity index (χ2v) is 4.93. The van der Waals surface area contributed by atoms with Gasteiger partial charge in [-0.05, 0) is 17.7 Å². The number of benzene rings is 1. The van der Waals surface area contributed by atoms with Crippen molar-refractivity contribution >= 4 is 32.8 Å². The molecule has 1 rings (SSSR count). The van der Waals surface area contributed by atoms with Crippen molar-refractivity contribution in [2.75, 3.05) is 4.72 Å². The lowest BCUT2D eigenvalue weighted by Gasteiger charge is -2.05. The minimum Gasteiger partial charge on any atom is -0.286 e. The molecule has 2 N–H and O–H groups in total. The van der Waals surface area contributed by atoms with E-state index in [4.69, 9.17) is 4.55 Å². The van der Waals surface area contributed by atoms with E-state index >= 15 is 0 Å². The standard InChI is InChI=1S/C8H9NO5S2/c1-2-6-3-4-7(9-15(10)11)5-8(6)16(12,13)14/h2-5,15H,1H2,(H,9,10,11)(H,12,13,14). The van der Waals surface area contributed by atoms with E-state index in [1.54, 1.807) is 0 Å². The first-order chi connectivity index (χ1) is 7.34. The molecule has 0 atom stereocenters. The Kier molecular flexibility index (Phi) is 3.68. The van der Waals surface area contributed by atoms with Crippen LogP contribution in [0.15, 0.2) is 29.7 Å². The minimum absolute atomic E-state index is 0.0503. The van der Waals surface area contributed by atoms with Crippen molar-refractivity contribution in [3.63, 3.8) is 0 Å². The van der Waals surface area contributed by atoms with E-state index in [2.05, 4.69) is 6.58 Å². The number of rotatable bonds is 4. The lowest BCUT2D eigenvalue weighted by molar-refractivity contribution is 0.483. The quantitative estimate of drug-likeness (QED) is 0.543. The molecule has 0 unspecified atom stereocenters. The van der Waals surface area contributed by atoms with Crippen LogP contribution in [-0.2, 0) is 21.0 Å². The highest BCUT2D eigenvalue weighted by molar-refractivity contribution is 7.86. The Morgan fingerprint density at radius 2 is 2.00 bits per heavy atom. The Hall–Kier alpha value is -1.38. The second kappa shape index (κ2) is 4.64. The first-order valence-electron chi connectivity index (χ1n) is 3.99. The first-order valence-corrected chi connectivity index (χ1v) is 6.61. The van der Waals surface area contributed by atoms with Crippen molar-refractivity contribution in [3.05, 3.63) is 30.3 Å². The summed E-state index contributed by atoms with van der Waals surface area (Å²) >= 11 is 0. The zero-order valence-corrected chi connectivity index (χ0v) is 9.66. The van der Waals surface area contributed by atoms with Crippen molar-refractivity contribution in [2.24, 2.45) is 0 Å². The van der Waals surface area contributed by atoms with Gasteiger partial charge in [0.1, 0.15) is 4.90 Å². The van der Waals surface area contributed by atoms with Gasteiger partial charge in [-0.3, -0.25) is 9.27 Å². The molecule has 0 saturated heterocycles. The third-order valence-corrected chi connectivity index (χ3v) is 3.08. The largest absolute Gasteiger partial charge is 0.295 e. The summed E-state index contributed by atoms with van der Waals surface area (Å²) in [4.78, 5) is -0.399. The molecule has 16 heavy (non-hydrogen) atoms. The summed E-state index contributed by atoms with van der Waals surface area (Å²) in [7, 11) is -7.30. The topological polar surface area (TPSA) is 101 Å². The molecule has 0 saturated carbocycles. The van der Waals surface area contributed by atoms with Crippen LogP contribution in [0.5, 0.6) is 0 Å². The van der Waals surface area contributed by atoms with Gasteiger partial charge in [-0.15, -0.1) is 0 Å². The molecule has 1 aromatic carbocycles. The second-order valence-electron chi connectivity index (χ2n) is 2.80. The molecule has 88 valence electrons. The molecule has 0 aliphatic heterocycles. The summed E-state index contributed by atoms with van der Waals surface area (Å²) < 4.78 is 53.6. The number of thiol groups is 1. The molecule has 0 aromatic heterocycles. The van der Waals surface area contributed by atoms with Crippen LogP contribution in [0.25, 0.3) is 6.08 Å². The van der Waals surface area contributed by atoms with Crippen LogP contribution in [0.2, 0.25) is 0 Å². The van der Waals surface area contributed by atoms with Crippen molar-refractivity contribution in [1.82, 2.24) is 0 Å². The van der Waals surface area contributed by atoms with Gasteiger partial charge in [0.15, 0.2) is 0 Å². The smallest absolute Gasteiger partial charge is 0.286 e. The molecular weight excluding hydrogens is 254 g/mol. The highest BCUT2D eigenvalue weighted by atomic mass is 32.2. The van der Waals surface area contributed by atoms with E-state index < -0.39 is 25.9 Å². The summed E-state index contributed by atoms with van der Waals surface area (Å²) in [5, 5.41) is 0. The molecule has 0 bridgehead atoms. The van der Waals surface area contributed by atoms with Crippen molar-refractivity contribution in [1.29, 1.82) is 0 Å². The van der Waals surface area contributed by atoms with Gasteiger partial charge in [-0.25, -0.2) is 8.42 Å². The molecule has 0 spiro atoms. The van der Waals surface area contributed by atoms with E-state index in [0.717, 1.165) is 6.07 Å². The zero-order valence-electron chi connectivity index (χ0n) is 7.95. The molecule has 0 aliphatic rings. The average Bonchev–Trinajstić information content (AvgIpc) is 2.15. The fourth-order valence-electron chi connectivity index (χ4n) is 1.10. The molecule has 1 aromatic rings. The van der Waals surface area contributed by atoms with Gasteiger partial charge >= 0.3 is 0 Å². The molecule has 0 aliphatic carbocycles. The molecule has 0 amide bonds. The fourth-order valence-corrected chi connectivity index (χ4v) is 2.18. The molecule has 0 radical (unpaired) electrons. The Morgan fingerprint density at radius 1 is 1.38 bits per heavy atom. The molecular formula is C8H9NO5S2. The van der Waals surface area contributed by atoms with Gasteiger partial charge in [0.2, 0.25) is 10.9 Å². The van der Waals surface area contributed by atoms with Crippen molar-refractivity contribution < 1.29 is 21.4 Å². The molecule has 0 fully saturated rings. The van der Waals surface area contributed by atoms with Crippen molar-refractivity contribution in [3.8, 4) is 0 Å². The highest BCUT2D eigenvalue weighted by Gasteiger charge is 2.14. The number of hydrogen-bond donors (Lipinski definition) is 3. The van der Waals surface area contributed by atoms with Crippen LogP contribution in [0, 0.1) is 0 Å². The third-order valence-electron chi connectivity index (χ3n) is 1.73. The van der Waals surface area contributed by atoms with E-state index in [1.807, 2.05) is 4.72 Å². The van der Waals surface area contributed by atoms with E-state index in [0.29, 0.717) is 0 Å². The lowest BCUT2D eigenvalue weighted by Crippen LogP contribution is -2.03. The maximum atomic E-state index is 11.0. The number of hydrogen-bond acceptors (Lipinski definition) is 4. The Bertz CT molecular complexity index is 580. The van der Waals surface area contributed by atoms with E-state index in [1.165, 1.54) is 18.2 Å². The van der Waals surface area contributed by atoms with Crippen LogP contribution in [-0.4, -0.2) is 21.4 Å². The SMILES string of the molecule is C=Cc1ccc(N[SH](=O)=O)cc1S(=O)(=O)O. The van der Waals surface area contributed by atoms with Gasteiger partial charge in [-0.2, -0.15) is 8.42 Å². The van der Waals surface area contributed by atoms with Crippen LogP contribution in [0.1, 0.15) is 5.56 Å². The normalized spacial score (nSPS) is 11.4. The minimum atomic E-state index is -4.41. The zero-order chi connectivity index (χ0) is 12.3. The van der Waals surface area contributed by atoms with Crippen LogP contribution >= 0.6 is 0 Å².